The molecule has 18 heavy (non-hydrogen) atoms. The number of rotatable bonds is 4. The van der Waals surface area contributed by atoms with Crippen molar-refractivity contribution in [2.24, 2.45) is 5.73 Å². The number of hydrogen-bond donors (Lipinski definition) is 1. The van der Waals surface area contributed by atoms with E-state index < -0.39 is 0 Å². The lowest BCUT2D eigenvalue weighted by molar-refractivity contribution is 0.0948. The Morgan fingerprint density at radius 2 is 2.17 bits per heavy atom. The van der Waals surface area contributed by atoms with Crippen molar-refractivity contribution in [3.8, 4) is 0 Å². The normalized spacial score (nSPS) is 13.7. The minimum Gasteiger partial charge on any atom is -0.362 e. The molecular formula is C13H18BrN3O. The Morgan fingerprint density at radius 1 is 1.39 bits per heavy atom. The standard InChI is InChI=1S/C13H17N3O.BrH/c1-15-5-6-16(10-15)9-13(17)12-4-2-3-11(7-12)8-14;/h2-7H,8-10,14H2,1H3;1H. The van der Waals surface area contributed by atoms with Crippen molar-refractivity contribution in [1.82, 2.24) is 9.80 Å². The van der Waals surface area contributed by atoms with Gasteiger partial charge in [-0.25, -0.2) is 0 Å². The van der Waals surface area contributed by atoms with Crippen molar-refractivity contribution in [2.75, 3.05) is 20.3 Å². The summed E-state index contributed by atoms with van der Waals surface area (Å²) in [6.45, 7) is 1.64. The summed E-state index contributed by atoms with van der Waals surface area (Å²) in [5, 5.41) is 0. The molecule has 2 rings (SSSR count). The fourth-order valence-corrected chi connectivity index (χ4v) is 1.84. The third kappa shape index (κ3) is 3.58. The molecule has 0 amide bonds. The van der Waals surface area contributed by atoms with E-state index >= 15 is 0 Å². The molecule has 1 aliphatic heterocycles. The summed E-state index contributed by atoms with van der Waals surface area (Å²) in [5.74, 6) is 0.125. The second-order valence-corrected chi connectivity index (χ2v) is 4.27. The number of hydrogen-bond acceptors (Lipinski definition) is 4. The van der Waals surface area contributed by atoms with Gasteiger partial charge in [-0.05, 0) is 11.6 Å². The summed E-state index contributed by atoms with van der Waals surface area (Å²) >= 11 is 0. The zero-order valence-electron chi connectivity index (χ0n) is 10.4. The smallest absolute Gasteiger partial charge is 0.182 e. The van der Waals surface area contributed by atoms with Gasteiger partial charge in [0.2, 0.25) is 0 Å². The van der Waals surface area contributed by atoms with Crippen molar-refractivity contribution in [3.63, 3.8) is 0 Å². The van der Waals surface area contributed by atoms with Crippen LogP contribution in [0.5, 0.6) is 0 Å². The van der Waals surface area contributed by atoms with Gasteiger partial charge in [-0.15, -0.1) is 17.0 Å². The molecule has 1 aromatic rings. The number of nitrogens with zero attached hydrogens (tertiary/aromatic N) is 2. The van der Waals surface area contributed by atoms with Gasteiger partial charge >= 0.3 is 0 Å². The highest BCUT2D eigenvalue weighted by Gasteiger charge is 2.14. The molecule has 1 heterocycles. The summed E-state index contributed by atoms with van der Waals surface area (Å²) in [6, 6.07) is 7.51. The fraction of sp³-hybridized carbons (Fsp3) is 0.308. The molecule has 0 atom stereocenters. The van der Waals surface area contributed by atoms with Gasteiger partial charge in [0.25, 0.3) is 0 Å². The highest BCUT2D eigenvalue weighted by Crippen LogP contribution is 2.09. The Hall–Kier alpha value is -1.33. The van der Waals surface area contributed by atoms with Gasteiger partial charge < -0.3 is 15.5 Å². The van der Waals surface area contributed by atoms with Crippen LogP contribution < -0.4 is 5.73 Å². The fourth-order valence-electron chi connectivity index (χ4n) is 1.84. The molecule has 0 saturated carbocycles. The lowest BCUT2D eigenvalue weighted by Gasteiger charge is -2.17. The largest absolute Gasteiger partial charge is 0.362 e. The number of nitrogens with two attached hydrogens (primary N) is 1. The quantitative estimate of drug-likeness (QED) is 0.858. The maximum atomic E-state index is 12.0. The molecule has 0 aliphatic carbocycles. The van der Waals surface area contributed by atoms with Crippen LogP contribution in [-0.4, -0.2) is 35.8 Å². The van der Waals surface area contributed by atoms with Crippen molar-refractivity contribution >= 4 is 22.8 Å². The van der Waals surface area contributed by atoms with E-state index in [2.05, 4.69) is 0 Å². The van der Waals surface area contributed by atoms with Crippen LogP contribution in [0.1, 0.15) is 15.9 Å². The molecule has 98 valence electrons. The monoisotopic (exact) mass is 311 g/mol. The van der Waals surface area contributed by atoms with Crippen molar-refractivity contribution in [2.45, 2.75) is 6.54 Å². The van der Waals surface area contributed by atoms with Gasteiger partial charge in [0.05, 0.1) is 13.2 Å². The summed E-state index contributed by atoms with van der Waals surface area (Å²) < 4.78 is 0. The maximum Gasteiger partial charge on any atom is 0.182 e. The van der Waals surface area contributed by atoms with Crippen LogP contribution in [0.2, 0.25) is 0 Å². The Morgan fingerprint density at radius 3 is 2.78 bits per heavy atom. The molecule has 2 N–H and O–H groups in total. The van der Waals surface area contributed by atoms with Crippen LogP contribution in [0.25, 0.3) is 0 Å². The van der Waals surface area contributed by atoms with Crippen LogP contribution in [0.4, 0.5) is 0 Å². The van der Waals surface area contributed by atoms with Gasteiger partial charge in [0, 0.05) is 31.6 Å². The van der Waals surface area contributed by atoms with E-state index in [1.54, 1.807) is 0 Å². The number of carbonyl (C=O) groups excluding carboxylic acids is 1. The first-order chi connectivity index (χ1) is 8.19. The zero-order chi connectivity index (χ0) is 12.3. The molecule has 0 saturated heterocycles. The molecule has 0 radical (unpaired) electrons. The number of carbonyl (C=O) groups is 1. The molecule has 1 aliphatic rings. The van der Waals surface area contributed by atoms with Gasteiger partial charge in [0.1, 0.15) is 0 Å². The van der Waals surface area contributed by atoms with E-state index in [1.165, 1.54) is 0 Å². The lowest BCUT2D eigenvalue weighted by Crippen LogP contribution is -2.28. The first-order valence-electron chi connectivity index (χ1n) is 5.64. The summed E-state index contributed by atoms with van der Waals surface area (Å²) in [6.07, 6.45) is 3.90. The first kappa shape index (κ1) is 14.7. The predicted molar refractivity (Wildman–Crippen MR) is 77.5 cm³/mol. The van der Waals surface area contributed by atoms with Crippen LogP contribution in [0.3, 0.4) is 0 Å². The average Bonchev–Trinajstić information content (AvgIpc) is 2.75. The lowest BCUT2D eigenvalue weighted by atomic mass is 10.1. The van der Waals surface area contributed by atoms with Crippen molar-refractivity contribution in [1.29, 1.82) is 0 Å². The van der Waals surface area contributed by atoms with E-state index in [-0.39, 0.29) is 22.8 Å². The molecule has 0 spiro atoms. The number of ketones is 1. The highest BCUT2D eigenvalue weighted by atomic mass is 79.9. The van der Waals surface area contributed by atoms with Crippen molar-refractivity contribution < 1.29 is 4.79 Å². The maximum absolute atomic E-state index is 12.0. The Balaban J connectivity index is 0.00000162. The van der Waals surface area contributed by atoms with Gasteiger partial charge in [0.15, 0.2) is 5.78 Å². The van der Waals surface area contributed by atoms with E-state index in [1.807, 2.05) is 53.5 Å². The summed E-state index contributed by atoms with van der Waals surface area (Å²) in [5.41, 5.74) is 7.28. The molecule has 1 aromatic carbocycles. The van der Waals surface area contributed by atoms with Crippen LogP contribution in [0.15, 0.2) is 36.7 Å². The second kappa shape index (κ2) is 6.56. The summed E-state index contributed by atoms with van der Waals surface area (Å²) in [4.78, 5) is 16.1. The minimum absolute atomic E-state index is 0. The van der Waals surface area contributed by atoms with Crippen LogP contribution in [0, 0.1) is 0 Å². The molecule has 0 aromatic heterocycles. The molecule has 4 nitrogen and oxygen atoms in total. The molecule has 0 fully saturated rings. The predicted octanol–water partition coefficient (Wildman–Crippen LogP) is 1.58. The summed E-state index contributed by atoms with van der Waals surface area (Å²) in [7, 11) is 1.98. The van der Waals surface area contributed by atoms with Crippen LogP contribution >= 0.6 is 17.0 Å². The van der Waals surface area contributed by atoms with Gasteiger partial charge in [-0.1, -0.05) is 18.2 Å². The number of halogens is 1. The van der Waals surface area contributed by atoms with E-state index in [0.29, 0.717) is 13.1 Å². The van der Waals surface area contributed by atoms with Gasteiger partial charge in [-0.2, -0.15) is 0 Å². The molecule has 0 unspecified atom stereocenters. The van der Waals surface area contributed by atoms with Gasteiger partial charge in [-0.3, -0.25) is 4.79 Å². The highest BCUT2D eigenvalue weighted by molar-refractivity contribution is 8.93. The Bertz CT molecular complexity index is 448. The van der Waals surface area contributed by atoms with E-state index in [9.17, 15) is 4.79 Å². The molecule has 0 bridgehead atoms. The van der Waals surface area contributed by atoms with Crippen LogP contribution in [-0.2, 0) is 6.54 Å². The minimum atomic E-state index is 0. The molecular weight excluding hydrogens is 294 g/mol. The number of benzene rings is 1. The van der Waals surface area contributed by atoms with E-state index in [0.717, 1.165) is 17.8 Å². The molecule has 5 heteroatoms. The third-order valence-corrected chi connectivity index (χ3v) is 2.77. The topological polar surface area (TPSA) is 49.6 Å². The Kier molecular flexibility index (Phi) is 5.37. The SMILES string of the molecule is Br.CN1C=CN(CC(=O)c2cccc(CN)c2)C1. The number of Topliss-reactive ketones (excluding diaryl/α,β-unsaturated/α-hetero) is 1. The van der Waals surface area contributed by atoms with E-state index in [4.69, 9.17) is 5.73 Å². The zero-order valence-corrected chi connectivity index (χ0v) is 12.1. The Labute approximate surface area is 118 Å². The second-order valence-electron chi connectivity index (χ2n) is 4.27. The third-order valence-electron chi connectivity index (χ3n) is 2.77. The average molecular weight is 312 g/mol. The van der Waals surface area contributed by atoms with Crippen molar-refractivity contribution in [3.05, 3.63) is 47.8 Å². The first-order valence-corrected chi connectivity index (χ1v) is 5.64.